The Morgan fingerprint density at radius 1 is 1.77 bits per heavy atom. The molecule has 1 aromatic rings. The Balaban J connectivity index is 2.58. The second-order valence-corrected chi connectivity index (χ2v) is 3.96. The number of thiocarbonyl (C=S) groups is 1. The second kappa shape index (κ2) is 4.50. The molecule has 72 valence electrons. The van der Waals surface area contributed by atoms with Crippen LogP contribution in [0.4, 0.5) is 0 Å². The average Bonchev–Trinajstić information content (AvgIpc) is 2.51. The van der Waals surface area contributed by atoms with Gasteiger partial charge in [0.1, 0.15) is 5.01 Å². The summed E-state index contributed by atoms with van der Waals surface area (Å²) in [6.45, 7) is 3.95. The van der Waals surface area contributed by atoms with Gasteiger partial charge in [-0.3, -0.25) is 0 Å². The summed E-state index contributed by atoms with van der Waals surface area (Å²) in [5.74, 6) is 5.13. The van der Waals surface area contributed by atoms with Gasteiger partial charge in [-0.2, -0.15) is 0 Å². The molecule has 13 heavy (non-hydrogen) atoms. The molecule has 0 saturated carbocycles. The lowest BCUT2D eigenvalue weighted by Gasteiger charge is -2.12. The molecule has 0 aliphatic carbocycles. The third-order valence-electron chi connectivity index (χ3n) is 1.49. The molecule has 0 bridgehead atoms. The van der Waals surface area contributed by atoms with Crippen molar-refractivity contribution in [3.8, 4) is 0 Å². The fraction of sp³-hybridized carbons (Fsp3) is 0.429. The van der Waals surface area contributed by atoms with Crippen LogP contribution in [0.2, 0.25) is 0 Å². The van der Waals surface area contributed by atoms with Gasteiger partial charge < -0.3 is 10.7 Å². The molecule has 4 nitrogen and oxygen atoms in total. The van der Waals surface area contributed by atoms with Crippen LogP contribution in [-0.4, -0.2) is 10.1 Å². The Labute approximate surface area is 86.5 Å². The van der Waals surface area contributed by atoms with Crippen molar-refractivity contribution < 1.29 is 0 Å². The van der Waals surface area contributed by atoms with Crippen molar-refractivity contribution in [2.24, 2.45) is 5.84 Å². The molecule has 1 atom stereocenters. The maximum absolute atomic E-state index is 5.13. The van der Waals surface area contributed by atoms with Gasteiger partial charge in [0, 0.05) is 11.1 Å². The normalized spacial score (nSPS) is 12.2. The summed E-state index contributed by atoms with van der Waals surface area (Å²) in [5.41, 5.74) is 3.40. The second-order valence-electron chi connectivity index (χ2n) is 2.67. The van der Waals surface area contributed by atoms with E-state index in [9.17, 15) is 0 Å². The zero-order valence-electron chi connectivity index (χ0n) is 7.50. The molecule has 1 rings (SSSR count). The fourth-order valence-electron chi connectivity index (χ4n) is 0.871. The number of hydrogen-bond acceptors (Lipinski definition) is 4. The molecule has 0 aliphatic rings. The van der Waals surface area contributed by atoms with Crippen molar-refractivity contribution >= 4 is 28.7 Å². The highest BCUT2D eigenvalue weighted by Crippen LogP contribution is 2.16. The standard InChI is InChI=1S/C7H12N4S2/c1-4-3-13-6(9-4)5(2)10-7(12)11-8/h3,5H,8H2,1-2H3,(H2,10,11,12). The van der Waals surface area contributed by atoms with Crippen LogP contribution in [0.15, 0.2) is 5.38 Å². The number of nitrogens with two attached hydrogens (primary N) is 1. The number of nitrogens with zero attached hydrogens (tertiary/aromatic N) is 1. The topological polar surface area (TPSA) is 63.0 Å². The summed E-state index contributed by atoms with van der Waals surface area (Å²) in [6.07, 6.45) is 0. The molecule has 1 unspecified atom stereocenters. The largest absolute Gasteiger partial charge is 0.353 e. The molecule has 0 radical (unpaired) electrons. The Kier molecular flexibility index (Phi) is 3.58. The molecule has 6 heteroatoms. The highest BCUT2D eigenvalue weighted by molar-refractivity contribution is 7.80. The van der Waals surface area contributed by atoms with Crippen molar-refractivity contribution in [2.75, 3.05) is 0 Å². The van der Waals surface area contributed by atoms with E-state index in [1.54, 1.807) is 11.3 Å². The van der Waals surface area contributed by atoms with Gasteiger partial charge in [0.25, 0.3) is 0 Å². The molecule has 4 N–H and O–H groups in total. The Bertz CT molecular complexity index is 296. The molecule has 1 aromatic heterocycles. The van der Waals surface area contributed by atoms with Crippen LogP contribution in [-0.2, 0) is 0 Å². The molecule has 0 amide bonds. The van der Waals surface area contributed by atoms with Gasteiger partial charge in [-0.05, 0) is 26.1 Å². The third-order valence-corrected chi connectivity index (χ3v) is 2.87. The van der Waals surface area contributed by atoms with Crippen LogP contribution in [0.1, 0.15) is 23.7 Å². The van der Waals surface area contributed by atoms with Gasteiger partial charge in [-0.1, -0.05) is 0 Å². The van der Waals surface area contributed by atoms with Gasteiger partial charge in [-0.15, -0.1) is 11.3 Å². The molecule has 0 aromatic carbocycles. The van der Waals surface area contributed by atoms with Gasteiger partial charge in [-0.25, -0.2) is 10.8 Å². The van der Waals surface area contributed by atoms with E-state index in [-0.39, 0.29) is 6.04 Å². The van der Waals surface area contributed by atoms with E-state index in [0.717, 1.165) is 10.7 Å². The van der Waals surface area contributed by atoms with Crippen molar-refractivity contribution in [3.05, 3.63) is 16.1 Å². The predicted octanol–water partition coefficient (Wildman–Crippen LogP) is 0.850. The molecule has 0 aliphatic heterocycles. The Hall–Kier alpha value is -0.720. The van der Waals surface area contributed by atoms with Crippen LogP contribution in [0.5, 0.6) is 0 Å². The zero-order chi connectivity index (χ0) is 9.84. The summed E-state index contributed by atoms with van der Waals surface area (Å²) in [7, 11) is 0. The minimum absolute atomic E-state index is 0.0993. The van der Waals surface area contributed by atoms with Crippen LogP contribution < -0.4 is 16.6 Å². The van der Waals surface area contributed by atoms with E-state index >= 15 is 0 Å². The molecule has 0 spiro atoms. The van der Waals surface area contributed by atoms with Crippen LogP contribution in [0.3, 0.4) is 0 Å². The first kappa shape index (κ1) is 10.4. The lowest BCUT2D eigenvalue weighted by Crippen LogP contribution is -2.40. The number of aryl methyl sites for hydroxylation is 1. The van der Waals surface area contributed by atoms with Crippen molar-refractivity contribution in [1.82, 2.24) is 15.7 Å². The smallest absolute Gasteiger partial charge is 0.181 e. The highest BCUT2D eigenvalue weighted by atomic mass is 32.1. The summed E-state index contributed by atoms with van der Waals surface area (Å²) in [6, 6.07) is 0.0993. The molecule has 0 fully saturated rings. The van der Waals surface area contributed by atoms with E-state index in [2.05, 4.69) is 15.7 Å². The molecule has 1 heterocycles. The number of rotatable bonds is 2. The predicted molar refractivity (Wildman–Crippen MR) is 58.3 cm³/mol. The summed E-state index contributed by atoms with van der Waals surface area (Å²) in [5, 5.41) is 6.45. The first-order chi connectivity index (χ1) is 6.13. The lowest BCUT2D eigenvalue weighted by molar-refractivity contribution is 0.696. The summed E-state index contributed by atoms with van der Waals surface area (Å²) >= 11 is 6.48. The van der Waals surface area contributed by atoms with E-state index in [0.29, 0.717) is 5.11 Å². The first-order valence-electron chi connectivity index (χ1n) is 3.82. The Morgan fingerprint density at radius 2 is 2.46 bits per heavy atom. The first-order valence-corrected chi connectivity index (χ1v) is 5.11. The van der Waals surface area contributed by atoms with Gasteiger partial charge in [0.15, 0.2) is 5.11 Å². The highest BCUT2D eigenvalue weighted by Gasteiger charge is 2.09. The number of nitrogens with one attached hydrogen (secondary N) is 2. The van der Waals surface area contributed by atoms with Crippen LogP contribution in [0.25, 0.3) is 0 Å². The van der Waals surface area contributed by atoms with Crippen LogP contribution >= 0.6 is 23.6 Å². The van der Waals surface area contributed by atoms with Crippen LogP contribution in [0, 0.1) is 6.92 Å². The lowest BCUT2D eigenvalue weighted by atomic mass is 10.3. The van der Waals surface area contributed by atoms with E-state index in [4.69, 9.17) is 18.1 Å². The zero-order valence-corrected chi connectivity index (χ0v) is 9.13. The van der Waals surface area contributed by atoms with Crippen molar-refractivity contribution in [3.63, 3.8) is 0 Å². The number of hydrazine groups is 1. The van der Waals surface area contributed by atoms with E-state index < -0.39 is 0 Å². The molecular weight excluding hydrogens is 204 g/mol. The van der Waals surface area contributed by atoms with Crippen molar-refractivity contribution in [2.45, 2.75) is 19.9 Å². The van der Waals surface area contributed by atoms with E-state index in [1.807, 2.05) is 19.2 Å². The minimum atomic E-state index is 0.0993. The average molecular weight is 216 g/mol. The molecular formula is C7H12N4S2. The number of thiazole rings is 1. The maximum Gasteiger partial charge on any atom is 0.181 e. The fourth-order valence-corrected chi connectivity index (χ4v) is 1.85. The number of aromatic nitrogens is 1. The third kappa shape index (κ3) is 2.91. The van der Waals surface area contributed by atoms with Gasteiger partial charge >= 0.3 is 0 Å². The van der Waals surface area contributed by atoms with Gasteiger partial charge in [0.05, 0.1) is 6.04 Å². The van der Waals surface area contributed by atoms with Gasteiger partial charge in [0.2, 0.25) is 0 Å². The summed E-state index contributed by atoms with van der Waals surface area (Å²) in [4.78, 5) is 4.33. The summed E-state index contributed by atoms with van der Waals surface area (Å²) < 4.78 is 0. The monoisotopic (exact) mass is 216 g/mol. The minimum Gasteiger partial charge on any atom is -0.353 e. The number of hydrogen-bond donors (Lipinski definition) is 3. The van der Waals surface area contributed by atoms with Crippen molar-refractivity contribution in [1.29, 1.82) is 0 Å². The Morgan fingerprint density at radius 3 is 2.92 bits per heavy atom. The van der Waals surface area contributed by atoms with E-state index in [1.165, 1.54) is 0 Å². The molecule has 0 saturated heterocycles. The maximum atomic E-state index is 5.13. The SMILES string of the molecule is Cc1csc(C(C)NC(=S)NN)n1. The quantitative estimate of drug-likeness (QED) is 0.389.